The Kier molecular flexibility index (Phi) is 5.40. The third-order valence-corrected chi connectivity index (χ3v) is 7.33. The molecule has 0 amide bonds. The van der Waals surface area contributed by atoms with E-state index < -0.39 is 11.6 Å². The number of H-pyrrole nitrogens is 1. The van der Waals surface area contributed by atoms with Crippen molar-refractivity contribution in [2.45, 2.75) is 57.7 Å². The lowest BCUT2D eigenvalue weighted by atomic mass is 9.79. The third kappa shape index (κ3) is 4.16. The lowest BCUT2D eigenvalue weighted by Gasteiger charge is -2.48. The van der Waals surface area contributed by atoms with Gasteiger partial charge in [0, 0.05) is 47.1 Å². The molecule has 4 heterocycles. The number of thiazole rings is 1. The Labute approximate surface area is 200 Å². The average molecular weight is 484 g/mol. The van der Waals surface area contributed by atoms with Crippen molar-refractivity contribution in [1.82, 2.24) is 30.5 Å². The van der Waals surface area contributed by atoms with Crippen molar-refractivity contribution in [3.05, 3.63) is 42.4 Å². The van der Waals surface area contributed by atoms with Gasteiger partial charge in [0.2, 0.25) is 0 Å². The molecule has 0 spiro atoms. The highest BCUT2D eigenvalue weighted by molar-refractivity contribution is 7.21. The molecule has 0 saturated carbocycles. The van der Waals surface area contributed by atoms with Gasteiger partial charge in [-0.25, -0.2) is 18.7 Å². The van der Waals surface area contributed by atoms with E-state index in [1.54, 1.807) is 0 Å². The van der Waals surface area contributed by atoms with E-state index in [0.717, 1.165) is 18.0 Å². The molecule has 5 rings (SSSR count). The third-order valence-electron chi connectivity index (χ3n) is 6.30. The first-order valence-corrected chi connectivity index (χ1v) is 12.0. The minimum absolute atomic E-state index is 0.00521. The van der Waals surface area contributed by atoms with Crippen LogP contribution in [-0.2, 0) is 0 Å². The number of fused-ring (bicyclic) bond motifs is 1. The molecule has 10 heteroatoms. The van der Waals surface area contributed by atoms with Crippen LogP contribution in [0.25, 0.3) is 32.9 Å². The number of rotatable bonds is 4. The van der Waals surface area contributed by atoms with Gasteiger partial charge in [-0.1, -0.05) is 17.4 Å². The van der Waals surface area contributed by atoms with Crippen molar-refractivity contribution in [2.75, 3.05) is 11.9 Å². The summed E-state index contributed by atoms with van der Waals surface area (Å²) in [6.45, 7) is 8.87. The molecule has 1 fully saturated rings. The molecular weight excluding hydrogens is 456 g/mol. The van der Waals surface area contributed by atoms with Crippen LogP contribution in [0.4, 0.5) is 13.9 Å². The first-order chi connectivity index (χ1) is 16.0. The summed E-state index contributed by atoms with van der Waals surface area (Å²) in [5, 5.41) is 10.9. The van der Waals surface area contributed by atoms with Crippen LogP contribution in [0, 0.1) is 11.6 Å². The molecule has 0 atom stereocenters. The summed E-state index contributed by atoms with van der Waals surface area (Å²) >= 11 is 1.41. The molecule has 0 bridgehead atoms. The fraction of sp³-hybridized carbons (Fsp3) is 0.417. The van der Waals surface area contributed by atoms with E-state index in [9.17, 15) is 8.78 Å². The van der Waals surface area contributed by atoms with Gasteiger partial charge in [0.1, 0.15) is 0 Å². The van der Waals surface area contributed by atoms with Crippen LogP contribution in [0.3, 0.4) is 0 Å². The highest BCUT2D eigenvalue weighted by Crippen LogP contribution is 2.36. The molecule has 1 aliphatic heterocycles. The van der Waals surface area contributed by atoms with Crippen molar-refractivity contribution < 1.29 is 8.78 Å². The van der Waals surface area contributed by atoms with Gasteiger partial charge in [0.25, 0.3) is 0 Å². The monoisotopic (exact) mass is 483 g/mol. The normalized spacial score (nSPS) is 17.9. The Morgan fingerprint density at radius 3 is 2.35 bits per heavy atom. The molecule has 0 aliphatic carbocycles. The fourth-order valence-corrected chi connectivity index (χ4v) is 5.99. The second-order valence-electron chi connectivity index (χ2n) is 10.2. The van der Waals surface area contributed by atoms with Gasteiger partial charge in [-0.05, 0) is 46.6 Å². The van der Waals surface area contributed by atoms with Crippen LogP contribution >= 0.6 is 11.3 Å². The number of hydrogen-bond donors (Lipinski definition) is 2. The first kappa shape index (κ1) is 22.8. The number of benzene rings is 1. The second kappa shape index (κ2) is 8.06. The maximum atomic E-state index is 15.0. The minimum atomic E-state index is -0.964. The van der Waals surface area contributed by atoms with Crippen molar-refractivity contribution in [2.24, 2.45) is 0 Å². The molecule has 0 unspecified atom stereocenters. The largest absolute Gasteiger partial charge is 0.348 e. The van der Waals surface area contributed by atoms with E-state index in [0.29, 0.717) is 22.1 Å². The van der Waals surface area contributed by atoms with Gasteiger partial charge in [0.15, 0.2) is 27.2 Å². The molecule has 1 saturated heterocycles. The van der Waals surface area contributed by atoms with E-state index in [1.807, 2.05) is 7.05 Å². The van der Waals surface area contributed by atoms with Crippen LogP contribution in [0.5, 0.6) is 0 Å². The van der Waals surface area contributed by atoms with Crippen LogP contribution < -0.4 is 10.2 Å². The van der Waals surface area contributed by atoms with Gasteiger partial charge in [-0.2, -0.15) is 10.1 Å². The zero-order chi connectivity index (χ0) is 24.3. The van der Waals surface area contributed by atoms with E-state index in [-0.39, 0.29) is 27.9 Å². The zero-order valence-corrected chi connectivity index (χ0v) is 20.6. The molecule has 2 N–H and O–H groups in total. The van der Waals surface area contributed by atoms with E-state index >= 15 is 0 Å². The Balaban J connectivity index is 1.46. The SMILES string of the molecule is CN(c1nc2ncc(-c3ccc(-c4cn[nH]c4)c(F)c3F)nc2s1)C1CC(C)(C)NC(C)(C)C1. The molecular formula is C24H27F2N7S. The van der Waals surface area contributed by atoms with Crippen LogP contribution in [0.2, 0.25) is 0 Å². The number of aromatic nitrogens is 5. The Hall–Kier alpha value is -2.98. The number of halogens is 2. The summed E-state index contributed by atoms with van der Waals surface area (Å²) in [4.78, 5) is 16.4. The molecule has 34 heavy (non-hydrogen) atoms. The number of nitrogens with zero attached hydrogens (tertiary/aromatic N) is 5. The summed E-state index contributed by atoms with van der Waals surface area (Å²) in [7, 11) is 2.05. The van der Waals surface area contributed by atoms with Crippen LogP contribution in [-0.4, -0.2) is 49.3 Å². The van der Waals surface area contributed by atoms with Gasteiger partial charge in [-0.3, -0.25) is 5.10 Å². The molecule has 178 valence electrons. The average Bonchev–Trinajstić information content (AvgIpc) is 3.42. The second-order valence-corrected chi connectivity index (χ2v) is 11.2. The van der Waals surface area contributed by atoms with Gasteiger partial charge in [-0.15, -0.1) is 0 Å². The first-order valence-electron chi connectivity index (χ1n) is 11.2. The Morgan fingerprint density at radius 2 is 1.68 bits per heavy atom. The minimum Gasteiger partial charge on any atom is -0.348 e. The molecule has 7 nitrogen and oxygen atoms in total. The molecule has 0 radical (unpaired) electrons. The quantitative estimate of drug-likeness (QED) is 0.417. The lowest BCUT2D eigenvalue weighted by molar-refractivity contribution is 0.161. The van der Waals surface area contributed by atoms with Gasteiger partial charge in [0.05, 0.1) is 18.1 Å². The van der Waals surface area contributed by atoms with Gasteiger partial charge >= 0.3 is 0 Å². The van der Waals surface area contributed by atoms with Crippen LogP contribution in [0.15, 0.2) is 30.7 Å². The van der Waals surface area contributed by atoms with E-state index in [2.05, 4.69) is 63.1 Å². The number of hydrogen-bond acceptors (Lipinski definition) is 7. The smallest absolute Gasteiger partial charge is 0.191 e. The van der Waals surface area contributed by atoms with Gasteiger partial charge < -0.3 is 10.2 Å². The maximum Gasteiger partial charge on any atom is 0.191 e. The number of anilines is 1. The zero-order valence-electron chi connectivity index (χ0n) is 19.8. The summed E-state index contributed by atoms with van der Waals surface area (Å²) in [5.41, 5.74) is 1.45. The van der Waals surface area contributed by atoms with Crippen LogP contribution in [0.1, 0.15) is 40.5 Å². The van der Waals surface area contributed by atoms with Crippen molar-refractivity contribution in [3.8, 4) is 22.4 Å². The number of nitrogens with one attached hydrogen (secondary N) is 2. The highest BCUT2D eigenvalue weighted by atomic mass is 32.1. The molecule has 1 aliphatic rings. The summed E-state index contributed by atoms with van der Waals surface area (Å²) < 4.78 is 29.7. The summed E-state index contributed by atoms with van der Waals surface area (Å²) in [6.07, 6.45) is 6.36. The van der Waals surface area contributed by atoms with Crippen molar-refractivity contribution in [1.29, 1.82) is 0 Å². The topological polar surface area (TPSA) is 82.6 Å². The Morgan fingerprint density at radius 1 is 1.00 bits per heavy atom. The summed E-state index contributed by atoms with van der Waals surface area (Å²) in [6, 6.07) is 3.34. The molecule has 1 aromatic carbocycles. The molecule has 3 aromatic heterocycles. The lowest BCUT2D eigenvalue weighted by Crippen LogP contribution is -2.61. The van der Waals surface area contributed by atoms with E-state index in [4.69, 9.17) is 0 Å². The molecule has 4 aromatic rings. The predicted molar refractivity (Wildman–Crippen MR) is 131 cm³/mol. The van der Waals surface area contributed by atoms with Crippen molar-refractivity contribution >= 4 is 26.9 Å². The standard InChI is InChI=1S/C24H27F2N7S/c1-23(2)8-14(9-24(3,4)32-23)33(5)22-31-20-21(34-22)30-17(12-27-20)16-7-6-15(18(25)19(16)26)13-10-28-29-11-13/h6-7,10-12,14,32H,8-9H2,1-5H3,(H,28,29). The Bertz CT molecular complexity index is 1330. The highest BCUT2D eigenvalue weighted by Gasteiger charge is 2.39. The van der Waals surface area contributed by atoms with Crippen molar-refractivity contribution in [3.63, 3.8) is 0 Å². The number of aromatic amines is 1. The number of piperidine rings is 1. The fourth-order valence-electron chi connectivity index (χ4n) is 5.06. The summed E-state index contributed by atoms with van der Waals surface area (Å²) in [5.74, 6) is -1.91. The van der Waals surface area contributed by atoms with E-state index in [1.165, 1.54) is 42.1 Å². The predicted octanol–water partition coefficient (Wildman–Crippen LogP) is 5.17. The maximum absolute atomic E-state index is 15.0.